The van der Waals surface area contributed by atoms with Gasteiger partial charge in [0.15, 0.2) is 0 Å². The smallest absolute Gasteiger partial charge is 0.450 e. The van der Waals surface area contributed by atoms with Gasteiger partial charge in [0.05, 0.1) is 0 Å². The van der Waals surface area contributed by atoms with E-state index in [1.165, 1.54) is 0 Å². The third-order valence-electron chi connectivity index (χ3n) is 0.456. The van der Waals surface area contributed by atoms with Crippen LogP contribution in [0.5, 0.6) is 0 Å². The second-order valence-corrected chi connectivity index (χ2v) is 1.19. The summed E-state index contributed by atoms with van der Waals surface area (Å²) in [6, 6.07) is 0. The Hall–Kier alpha value is -1.13. The highest BCUT2D eigenvalue weighted by atomic mass is 19.2. The minimum Gasteiger partial charge on any atom is -0.450 e. The molecule has 2 N–H and O–H groups in total. The molecule has 60 valence electrons. The SMILES string of the molecule is CCC(F)=CF.O=C(O)O. The molecule has 0 fully saturated rings. The number of hydrogen-bond acceptors (Lipinski definition) is 1. The quantitative estimate of drug-likeness (QED) is 0.609. The highest BCUT2D eigenvalue weighted by Crippen LogP contribution is 1.99. The maximum absolute atomic E-state index is 11.3. The van der Waals surface area contributed by atoms with Gasteiger partial charge in [0, 0.05) is 0 Å². The first-order chi connectivity index (χ1) is 4.54. The number of carboxylic acid groups (broad SMARTS) is 2. The van der Waals surface area contributed by atoms with E-state index in [1.807, 2.05) is 0 Å². The van der Waals surface area contributed by atoms with E-state index in [2.05, 4.69) is 0 Å². The third kappa shape index (κ3) is 28.7. The number of halogens is 2. The van der Waals surface area contributed by atoms with Crippen molar-refractivity contribution >= 4 is 6.16 Å². The molecule has 0 unspecified atom stereocenters. The molecule has 0 radical (unpaired) electrons. The highest BCUT2D eigenvalue weighted by molar-refractivity contribution is 5.53. The van der Waals surface area contributed by atoms with E-state index < -0.39 is 12.0 Å². The van der Waals surface area contributed by atoms with Crippen molar-refractivity contribution in [1.29, 1.82) is 0 Å². The van der Waals surface area contributed by atoms with Crippen LogP contribution in [-0.4, -0.2) is 16.4 Å². The second kappa shape index (κ2) is 7.87. The van der Waals surface area contributed by atoms with Crippen molar-refractivity contribution in [1.82, 2.24) is 0 Å². The Morgan fingerprint density at radius 2 is 1.90 bits per heavy atom. The molecule has 0 spiro atoms. The first-order valence-corrected chi connectivity index (χ1v) is 2.41. The van der Waals surface area contributed by atoms with Crippen LogP contribution >= 0.6 is 0 Å². The Morgan fingerprint density at radius 3 is 1.90 bits per heavy atom. The molecule has 0 aromatic carbocycles. The topological polar surface area (TPSA) is 57.5 Å². The summed E-state index contributed by atoms with van der Waals surface area (Å²) in [5.41, 5.74) is 0. The summed E-state index contributed by atoms with van der Waals surface area (Å²) in [6.45, 7) is 1.55. The van der Waals surface area contributed by atoms with Crippen molar-refractivity contribution in [3.8, 4) is 0 Å². The Labute approximate surface area is 56.6 Å². The van der Waals surface area contributed by atoms with Crippen LogP contribution in [0.15, 0.2) is 12.2 Å². The third-order valence-corrected chi connectivity index (χ3v) is 0.456. The van der Waals surface area contributed by atoms with Gasteiger partial charge in [0.1, 0.15) is 12.2 Å². The van der Waals surface area contributed by atoms with Crippen LogP contribution in [0.2, 0.25) is 0 Å². The van der Waals surface area contributed by atoms with Crippen molar-refractivity contribution in [3.05, 3.63) is 12.2 Å². The summed E-state index contributed by atoms with van der Waals surface area (Å²) in [5, 5.41) is 13.9. The maximum Gasteiger partial charge on any atom is 0.503 e. The van der Waals surface area contributed by atoms with Crippen LogP contribution in [0.25, 0.3) is 0 Å². The van der Waals surface area contributed by atoms with Crippen LogP contribution in [0.4, 0.5) is 13.6 Å². The predicted molar refractivity (Wildman–Crippen MR) is 31.2 cm³/mol. The van der Waals surface area contributed by atoms with Gasteiger partial charge in [-0.15, -0.1) is 0 Å². The van der Waals surface area contributed by atoms with Crippen molar-refractivity contribution in [2.75, 3.05) is 0 Å². The normalized spacial score (nSPS) is 9.70. The van der Waals surface area contributed by atoms with Crippen LogP contribution in [0, 0.1) is 0 Å². The Balaban J connectivity index is 0. The van der Waals surface area contributed by atoms with Gasteiger partial charge in [-0.05, 0) is 6.42 Å². The van der Waals surface area contributed by atoms with Gasteiger partial charge in [-0.1, -0.05) is 6.92 Å². The molecule has 0 saturated heterocycles. The monoisotopic (exact) mass is 154 g/mol. The van der Waals surface area contributed by atoms with Crippen molar-refractivity contribution in [2.45, 2.75) is 13.3 Å². The van der Waals surface area contributed by atoms with Gasteiger partial charge in [0.25, 0.3) is 0 Å². The first-order valence-electron chi connectivity index (χ1n) is 2.41. The zero-order chi connectivity index (χ0) is 8.57. The van der Waals surface area contributed by atoms with E-state index in [0.717, 1.165) is 0 Å². The van der Waals surface area contributed by atoms with Crippen LogP contribution in [-0.2, 0) is 0 Å². The molecule has 0 saturated carbocycles. The lowest BCUT2D eigenvalue weighted by Crippen LogP contribution is -1.81. The molecule has 0 rings (SSSR count). The molecule has 0 aliphatic heterocycles. The molecular weight excluding hydrogens is 146 g/mol. The molecule has 0 aromatic rings. The van der Waals surface area contributed by atoms with Gasteiger partial charge in [-0.2, -0.15) is 0 Å². The van der Waals surface area contributed by atoms with E-state index in [1.54, 1.807) is 6.92 Å². The molecule has 5 heteroatoms. The van der Waals surface area contributed by atoms with Gasteiger partial charge in [-0.3, -0.25) is 0 Å². The fourth-order valence-electron chi connectivity index (χ4n) is 0.0772. The number of carbonyl (C=O) groups is 1. The number of rotatable bonds is 1. The molecular formula is C5H8F2O3. The molecule has 0 amide bonds. The fourth-order valence-corrected chi connectivity index (χ4v) is 0.0772. The van der Waals surface area contributed by atoms with Gasteiger partial charge in [-0.25, -0.2) is 13.6 Å². The lowest BCUT2D eigenvalue weighted by Gasteiger charge is -1.77. The largest absolute Gasteiger partial charge is 0.503 e. The summed E-state index contributed by atoms with van der Waals surface area (Å²) in [4.78, 5) is 8.56. The van der Waals surface area contributed by atoms with E-state index in [0.29, 0.717) is 0 Å². The van der Waals surface area contributed by atoms with Gasteiger partial charge in [0.2, 0.25) is 0 Å². The average Bonchev–Trinajstić information content (AvgIpc) is 1.85. The van der Waals surface area contributed by atoms with Crippen LogP contribution in [0.3, 0.4) is 0 Å². The van der Waals surface area contributed by atoms with E-state index in [-0.39, 0.29) is 12.8 Å². The molecule has 3 nitrogen and oxygen atoms in total. The summed E-state index contributed by atoms with van der Waals surface area (Å²) in [6.07, 6.45) is -1.71. The minimum absolute atomic E-state index is 0.0278. The van der Waals surface area contributed by atoms with Crippen LogP contribution in [0.1, 0.15) is 13.3 Å². The van der Waals surface area contributed by atoms with Crippen molar-refractivity contribution < 1.29 is 23.8 Å². The standard InChI is InChI=1S/C4H6F2.CH2O3/c1-2-4(6)3-5;2-1(3)4/h3H,2H2,1H3;(H2,2,3,4). The zero-order valence-electron chi connectivity index (χ0n) is 5.34. The Bertz CT molecular complexity index is 118. The lowest BCUT2D eigenvalue weighted by atomic mass is 10.5. The molecule has 0 bridgehead atoms. The van der Waals surface area contributed by atoms with E-state index in [4.69, 9.17) is 15.0 Å². The van der Waals surface area contributed by atoms with Gasteiger partial charge < -0.3 is 10.2 Å². The molecule has 0 aliphatic carbocycles. The molecule has 0 aliphatic rings. The van der Waals surface area contributed by atoms with E-state index in [9.17, 15) is 8.78 Å². The highest BCUT2D eigenvalue weighted by Gasteiger charge is 1.82. The van der Waals surface area contributed by atoms with Crippen LogP contribution < -0.4 is 0 Å². The molecule has 10 heavy (non-hydrogen) atoms. The zero-order valence-corrected chi connectivity index (χ0v) is 5.34. The Morgan fingerprint density at radius 1 is 1.60 bits per heavy atom. The lowest BCUT2D eigenvalue weighted by molar-refractivity contribution is 0.137. The summed E-state index contributed by atoms with van der Waals surface area (Å²) >= 11 is 0. The summed E-state index contributed by atoms with van der Waals surface area (Å²) < 4.78 is 22.2. The molecule has 0 heterocycles. The molecule has 0 atom stereocenters. The van der Waals surface area contributed by atoms with Crippen molar-refractivity contribution in [2.24, 2.45) is 0 Å². The van der Waals surface area contributed by atoms with E-state index >= 15 is 0 Å². The van der Waals surface area contributed by atoms with Gasteiger partial charge >= 0.3 is 6.16 Å². The maximum atomic E-state index is 11.3. The number of allylic oxidation sites excluding steroid dienone is 1. The minimum atomic E-state index is -1.83. The van der Waals surface area contributed by atoms with Crippen molar-refractivity contribution in [3.63, 3.8) is 0 Å². The summed E-state index contributed by atoms with van der Waals surface area (Å²) in [5.74, 6) is -0.699. The second-order valence-electron chi connectivity index (χ2n) is 1.19. The fraction of sp³-hybridized carbons (Fsp3) is 0.400. The number of hydrogen-bond donors (Lipinski definition) is 2. The summed E-state index contributed by atoms with van der Waals surface area (Å²) in [7, 11) is 0. The first kappa shape index (κ1) is 11.6. The molecule has 0 aromatic heterocycles. The predicted octanol–water partition coefficient (Wildman–Crippen LogP) is 2.40. The average molecular weight is 154 g/mol. The Kier molecular flexibility index (Phi) is 9.16.